The van der Waals surface area contributed by atoms with Gasteiger partial charge < -0.3 is 21.7 Å². The molecule has 5 N–H and O–H groups in total. The highest BCUT2D eigenvalue weighted by Crippen LogP contribution is 2.28. The second kappa shape index (κ2) is 10.7. The largest absolute Gasteiger partial charge is 0.355 e. The van der Waals surface area contributed by atoms with Gasteiger partial charge in [0.05, 0.1) is 6.04 Å². The van der Waals surface area contributed by atoms with Gasteiger partial charge in [0.15, 0.2) is 0 Å². The molecule has 1 rings (SSSR count). The molecule has 0 aromatic rings. The first-order chi connectivity index (χ1) is 9.69. The lowest BCUT2D eigenvalue weighted by Crippen LogP contribution is -2.53. The Morgan fingerprint density at radius 3 is 2.95 bits per heavy atom. The van der Waals surface area contributed by atoms with E-state index in [-0.39, 0.29) is 18.0 Å². The van der Waals surface area contributed by atoms with E-state index in [1.807, 2.05) is 21.6 Å². The Kier molecular flexibility index (Phi) is 9.71. The summed E-state index contributed by atoms with van der Waals surface area (Å²) < 4.78 is 0. The molecule has 1 saturated heterocycles. The third kappa shape index (κ3) is 6.67. The highest BCUT2D eigenvalue weighted by molar-refractivity contribution is 8.77. The molecule has 3 unspecified atom stereocenters. The van der Waals surface area contributed by atoms with E-state index < -0.39 is 0 Å². The maximum Gasteiger partial charge on any atom is 0.238 e. The molecule has 0 aliphatic carbocycles. The Balaban J connectivity index is 2.54. The van der Waals surface area contributed by atoms with Gasteiger partial charge >= 0.3 is 0 Å². The van der Waals surface area contributed by atoms with Crippen LogP contribution in [0, 0.1) is 0 Å². The van der Waals surface area contributed by atoms with Crippen molar-refractivity contribution in [1.29, 1.82) is 0 Å². The van der Waals surface area contributed by atoms with Crippen molar-refractivity contribution >= 4 is 27.5 Å². The van der Waals surface area contributed by atoms with Crippen LogP contribution in [0.5, 0.6) is 0 Å². The van der Waals surface area contributed by atoms with Crippen molar-refractivity contribution in [2.24, 2.45) is 5.73 Å². The van der Waals surface area contributed by atoms with Crippen LogP contribution in [0.4, 0.5) is 0 Å². The van der Waals surface area contributed by atoms with Crippen molar-refractivity contribution in [3.63, 3.8) is 0 Å². The van der Waals surface area contributed by atoms with E-state index in [1.165, 1.54) is 0 Å². The van der Waals surface area contributed by atoms with Crippen LogP contribution in [-0.2, 0) is 4.79 Å². The normalized spacial score (nSPS) is 26.8. The first-order valence-corrected chi connectivity index (χ1v) is 9.82. The molecule has 1 fully saturated rings. The number of rotatable bonds is 5. The second-order valence-electron chi connectivity index (χ2n) is 4.98. The van der Waals surface area contributed by atoms with Gasteiger partial charge in [-0.1, -0.05) is 35.4 Å². The lowest BCUT2D eigenvalue weighted by atomic mass is 10.1. The molecule has 0 spiro atoms. The van der Waals surface area contributed by atoms with Gasteiger partial charge in [0.25, 0.3) is 0 Å². The molecule has 0 radical (unpaired) electrons. The van der Waals surface area contributed by atoms with Crippen LogP contribution in [0.15, 0.2) is 0 Å². The van der Waals surface area contributed by atoms with Gasteiger partial charge in [-0.15, -0.1) is 0 Å². The summed E-state index contributed by atoms with van der Waals surface area (Å²) in [5.74, 6) is 1.13. The zero-order valence-corrected chi connectivity index (χ0v) is 14.1. The summed E-state index contributed by atoms with van der Waals surface area (Å²) >= 11 is 0. The molecule has 3 atom stereocenters. The number of hydrogen-bond acceptors (Lipinski definition) is 6. The fourth-order valence-electron chi connectivity index (χ4n) is 1.90. The van der Waals surface area contributed by atoms with E-state index in [9.17, 15) is 4.79 Å². The van der Waals surface area contributed by atoms with E-state index in [4.69, 9.17) is 5.73 Å². The first-order valence-electron chi connectivity index (χ1n) is 7.44. The van der Waals surface area contributed by atoms with Crippen LogP contribution in [0.1, 0.15) is 26.7 Å². The number of carbonyl (C=O) groups is 1. The minimum absolute atomic E-state index is 0.0846. The third-order valence-corrected chi connectivity index (χ3v) is 6.20. The monoisotopic (exact) mass is 320 g/mol. The number of carbonyl (C=O) groups excluding carboxylic acids is 1. The first kappa shape index (κ1) is 18.1. The molecule has 0 aromatic carbocycles. The van der Waals surface area contributed by atoms with Gasteiger partial charge in [-0.25, -0.2) is 0 Å². The van der Waals surface area contributed by atoms with E-state index in [0.717, 1.165) is 38.2 Å². The zero-order chi connectivity index (χ0) is 14.8. The van der Waals surface area contributed by atoms with Gasteiger partial charge in [-0.05, 0) is 12.8 Å². The maximum absolute atomic E-state index is 12.1. The van der Waals surface area contributed by atoms with Crippen molar-refractivity contribution < 1.29 is 4.79 Å². The molecular formula is C13H28N4OS2. The van der Waals surface area contributed by atoms with Crippen LogP contribution in [0.3, 0.4) is 0 Å². The van der Waals surface area contributed by atoms with Gasteiger partial charge in [0, 0.05) is 43.2 Å². The van der Waals surface area contributed by atoms with E-state index in [2.05, 4.69) is 29.8 Å². The zero-order valence-electron chi connectivity index (χ0n) is 12.5. The Labute approximate surface area is 130 Å². The Morgan fingerprint density at radius 1 is 1.45 bits per heavy atom. The molecule has 7 heteroatoms. The molecule has 0 aromatic heterocycles. The van der Waals surface area contributed by atoms with Crippen LogP contribution in [0.2, 0.25) is 0 Å². The summed E-state index contributed by atoms with van der Waals surface area (Å²) in [6.45, 7) is 7.28. The minimum atomic E-state index is -0.170. The maximum atomic E-state index is 12.1. The number of hydrogen-bond donors (Lipinski definition) is 4. The quantitative estimate of drug-likeness (QED) is 0.555. The molecule has 20 heavy (non-hydrogen) atoms. The lowest BCUT2D eigenvalue weighted by Gasteiger charge is -2.27. The number of amides is 1. The summed E-state index contributed by atoms with van der Waals surface area (Å²) in [6.07, 6.45) is 1.92. The predicted molar refractivity (Wildman–Crippen MR) is 90.1 cm³/mol. The van der Waals surface area contributed by atoms with Crippen LogP contribution in [-0.4, -0.2) is 55.2 Å². The summed E-state index contributed by atoms with van der Waals surface area (Å²) in [7, 11) is 3.70. The average Bonchev–Trinajstić information content (AvgIpc) is 2.48. The van der Waals surface area contributed by atoms with Crippen LogP contribution in [0.25, 0.3) is 0 Å². The highest BCUT2D eigenvalue weighted by Gasteiger charge is 2.23. The highest BCUT2D eigenvalue weighted by atomic mass is 33.1. The average molecular weight is 321 g/mol. The fraction of sp³-hybridized carbons (Fsp3) is 0.923. The summed E-state index contributed by atoms with van der Waals surface area (Å²) in [6, 6.07) is 0.00328. The molecule has 1 amide bonds. The Hall–Kier alpha value is 0.0500. The third-order valence-electron chi connectivity index (χ3n) is 3.28. The van der Waals surface area contributed by atoms with Crippen LogP contribution >= 0.6 is 21.6 Å². The van der Waals surface area contributed by atoms with E-state index in [0.29, 0.717) is 11.8 Å². The minimum Gasteiger partial charge on any atom is -0.355 e. The number of nitrogens with two attached hydrogens (primary N) is 1. The molecule has 118 valence electrons. The van der Waals surface area contributed by atoms with Crippen molar-refractivity contribution in [3.05, 3.63) is 0 Å². The Morgan fingerprint density at radius 2 is 2.25 bits per heavy atom. The molecule has 5 nitrogen and oxygen atoms in total. The van der Waals surface area contributed by atoms with Gasteiger partial charge in [0.1, 0.15) is 0 Å². The molecule has 1 heterocycles. The van der Waals surface area contributed by atoms with Crippen molar-refractivity contribution in [3.8, 4) is 0 Å². The molecular weight excluding hydrogens is 292 g/mol. The van der Waals surface area contributed by atoms with E-state index >= 15 is 0 Å². The predicted octanol–water partition coefficient (Wildman–Crippen LogP) is 0.561. The fourth-order valence-corrected chi connectivity index (χ4v) is 4.60. The van der Waals surface area contributed by atoms with Gasteiger partial charge in [-0.3, -0.25) is 4.79 Å². The van der Waals surface area contributed by atoms with Crippen molar-refractivity contribution in [1.82, 2.24) is 16.0 Å². The molecule has 0 bridgehead atoms. The summed E-state index contributed by atoms with van der Waals surface area (Å²) in [4.78, 5) is 12.1. The van der Waals surface area contributed by atoms with E-state index in [1.54, 1.807) is 0 Å². The second-order valence-corrected chi connectivity index (χ2v) is 7.71. The SMILES string of the molecule is CCCNC(=O)C1CNCCSSC(C(N)CC)CN1. The van der Waals surface area contributed by atoms with Gasteiger partial charge in [0.2, 0.25) is 5.91 Å². The lowest BCUT2D eigenvalue weighted by molar-refractivity contribution is -0.123. The summed E-state index contributed by atoms with van der Waals surface area (Å²) in [5.41, 5.74) is 6.17. The Bertz CT molecular complexity index is 281. The van der Waals surface area contributed by atoms with Crippen molar-refractivity contribution in [2.45, 2.75) is 44.0 Å². The number of nitrogens with one attached hydrogen (secondary N) is 3. The van der Waals surface area contributed by atoms with Gasteiger partial charge in [-0.2, -0.15) is 0 Å². The standard InChI is InChI=1S/C13H28N4OS2/c1-3-5-16-13(18)11-8-15-6-7-19-20-12(9-17-11)10(14)4-2/h10-12,15,17H,3-9,14H2,1-2H3,(H,16,18). The topological polar surface area (TPSA) is 79.2 Å². The van der Waals surface area contributed by atoms with Crippen molar-refractivity contribution in [2.75, 3.05) is 31.9 Å². The molecule has 1 aliphatic rings. The summed E-state index contributed by atoms with van der Waals surface area (Å²) in [5, 5.41) is 10.0. The molecule has 0 saturated carbocycles. The molecule has 1 aliphatic heterocycles. The smallest absolute Gasteiger partial charge is 0.238 e. The van der Waals surface area contributed by atoms with Crippen LogP contribution < -0.4 is 21.7 Å².